The highest BCUT2D eigenvalue weighted by Crippen LogP contribution is 2.34. The molecule has 0 spiro atoms. The number of hydrogen-bond donors (Lipinski definition) is 0. The first-order valence-electron chi connectivity index (χ1n) is 8.66. The van der Waals surface area contributed by atoms with Crippen LogP contribution in [0.1, 0.15) is 55.9 Å². The lowest BCUT2D eigenvalue weighted by molar-refractivity contribution is 0.0931. The first-order valence-corrected chi connectivity index (χ1v) is 8.66. The van der Waals surface area contributed by atoms with Crippen LogP contribution in [0.3, 0.4) is 0 Å². The van der Waals surface area contributed by atoms with Crippen molar-refractivity contribution in [2.45, 2.75) is 47.0 Å². The van der Waals surface area contributed by atoms with Gasteiger partial charge in [0.05, 0.1) is 22.6 Å². The summed E-state index contributed by atoms with van der Waals surface area (Å²) < 4.78 is 2.01. The van der Waals surface area contributed by atoms with E-state index >= 15 is 0 Å². The lowest BCUT2D eigenvalue weighted by Crippen LogP contribution is -2.25. The van der Waals surface area contributed by atoms with Crippen molar-refractivity contribution < 1.29 is 4.79 Å². The number of carbonyl (C=O) groups is 1. The van der Waals surface area contributed by atoms with Gasteiger partial charge in [-0.25, -0.2) is 4.68 Å². The van der Waals surface area contributed by atoms with Crippen LogP contribution < -0.4 is 0 Å². The van der Waals surface area contributed by atoms with Crippen LogP contribution in [0.4, 0.5) is 0 Å². The quantitative estimate of drug-likeness (QED) is 0.835. The molecule has 0 bridgehead atoms. The van der Waals surface area contributed by atoms with E-state index in [1.807, 2.05) is 22.9 Å². The summed E-state index contributed by atoms with van der Waals surface area (Å²) in [6, 6.07) is 10.2. The lowest BCUT2D eigenvalue weighted by Gasteiger charge is -2.25. The smallest absolute Gasteiger partial charge is 0.166 e. The highest BCUT2D eigenvalue weighted by molar-refractivity contribution is 5.99. The number of carbonyl (C=O) groups excluding carboxylic acids is 1. The Hall–Kier alpha value is -1.90. The molecule has 1 heterocycles. The second-order valence-corrected chi connectivity index (χ2v) is 7.45. The highest BCUT2D eigenvalue weighted by atomic mass is 16.1. The van der Waals surface area contributed by atoms with Crippen LogP contribution in [0.15, 0.2) is 30.3 Å². The van der Waals surface area contributed by atoms with Gasteiger partial charge in [-0.1, -0.05) is 45.9 Å². The third kappa shape index (κ3) is 3.10. The fraction of sp³-hybridized carbons (Fsp3) is 0.500. The summed E-state index contributed by atoms with van der Waals surface area (Å²) in [4.78, 5) is 12.8. The predicted molar refractivity (Wildman–Crippen MR) is 93.1 cm³/mol. The molecule has 0 aliphatic heterocycles. The van der Waals surface area contributed by atoms with Crippen molar-refractivity contribution in [3.63, 3.8) is 0 Å². The van der Waals surface area contributed by atoms with Gasteiger partial charge in [0.25, 0.3) is 0 Å². The molecule has 1 aromatic heterocycles. The average Bonchev–Trinajstić information content (AvgIpc) is 2.86. The summed E-state index contributed by atoms with van der Waals surface area (Å²) in [6.45, 7) is 8.78. The molecule has 1 unspecified atom stereocenters. The maximum absolute atomic E-state index is 12.8. The van der Waals surface area contributed by atoms with E-state index in [2.05, 4.69) is 39.8 Å². The standard InChI is InChI=1S/C20H26N2O/c1-13(2)10-17-20-18(11-15(14(3)4)12-19(20)23)22(21-17)16-8-6-5-7-9-16/h5-9,13-15H,10-12H2,1-4H3. The molecule has 0 saturated carbocycles. The normalized spacial score (nSPS) is 17.8. The molecule has 23 heavy (non-hydrogen) atoms. The first kappa shape index (κ1) is 16.0. The minimum atomic E-state index is 0.280. The molecule has 1 atom stereocenters. The minimum absolute atomic E-state index is 0.280. The van der Waals surface area contributed by atoms with Crippen LogP contribution in [0.5, 0.6) is 0 Å². The number of ketones is 1. The number of hydrogen-bond acceptors (Lipinski definition) is 2. The van der Waals surface area contributed by atoms with E-state index in [1.54, 1.807) is 0 Å². The fourth-order valence-electron chi connectivity index (χ4n) is 3.46. The molecule has 0 saturated heterocycles. The molecule has 0 radical (unpaired) electrons. The van der Waals surface area contributed by atoms with Crippen molar-refractivity contribution in [2.75, 3.05) is 0 Å². The van der Waals surface area contributed by atoms with Gasteiger partial charge >= 0.3 is 0 Å². The third-order valence-corrected chi connectivity index (χ3v) is 4.78. The number of Topliss-reactive ketones (excluding diaryl/α,β-unsaturated/α-hetero) is 1. The Morgan fingerprint density at radius 1 is 1.13 bits per heavy atom. The Kier molecular flexibility index (Phi) is 4.38. The van der Waals surface area contributed by atoms with E-state index in [-0.39, 0.29) is 5.78 Å². The second kappa shape index (κ2) is 6.31. The summed E-state index contributed by atoms with van der Waals surface area (Å²) in [5.74, 6) is 1.71. The van der Waals surface area contributed by atoms with Crippen LogP contribution in [-0.2, 0) is 12.8 Å². The molecule has 0 N–H and O–H groups in total. The van der Waals surface area contributed by atoms with E-state index in [0.717, 1.165) is 35.5 Å². The van der Waals surface area contributed by atoms with E-state index in [4.69, 9.17) is 5.10 Å². The molecule has 3 rings (SSSR count). The molecule has 0 fully saturated rings. The summed E-state index contributed by atoms with van der Waals surface area (Å²) in [6.07, 6.45) is 2.47. The van der Waals surface area contributed by atoms with Gasteiger partial charge in [0.15, 0.2) is 5.78 Å². The van der Waals surface area contributed by atoms with Crippen LogP contribution in [0.2, 0.25) is 0 Å². The number of fused-ring (bicyclic) bond motifs is 1. The van der Waals surface area contributed by atoms with Crippen molar-refractivity contribution in [1.29, 1.82) is 0 Å². The van der Waals surface area contributed by atoms with E-state index in [9.17, 15) is 4.79 Å². The Labute approximate surface area is 138 Å². The molecule has 1 aromatic carbocycles. The summed E-state index contributed by atoms with van der Waals surface area (Å²) in [7, 11) is 0. The zero-order chi connectivity index (χ0) is 16.6. The van der Waals surface area contributed by atoms with Crippen LogP contribution in [0, 0.1) is 17.8 Å². The molecular formula is C20H26N2O. The number of aromatic nitrogens is 2. The maximum Gasteiger partial charge on any atom is 0.166 e. The van der Waals surface area contributed by atoms with Crippen LogP contribution in [-0.4, -0.2) is 15.6 Å². The lowest BCUT2D eigenvalue weighted by atomic mass is 9.79. The van der Waals surface area contributed by atoms with Crippen molar-refractivity contribution in [3.8, 4) is 5.69 Å². The molecule has 0 amide bonds. The molecule has 2 aromatic rings. The molecular weight excluding hydrogens is 284 g/mol. The largest absolute Gasteiger partial charge is 0.294 e. The van der Waals surface area contributed by atoms with E-state index in [0.29, 0.717) is 24.2 Å². The van der Waals surface area contributed by atoms with Crippen molar-refractivity contribution in [2.24, 2.45) is 17.8 Å². The zero-order valence-corrected chi connectivity index (χ0v) is 14.5. The van der Waals surface area contributed by atoms with Gasteiger partial charge in [0.2, 0.25) is 0 Å². The number of nitrogens with zero attached hydrogens (tertiary/aromatic N) is 2. The van der Waals surface area contributed by atoms with Gasteiger partial charge in [-0.05, 0) is 42.7 Å². The Morgan fingerprint density at radius 3 is 2.43 bits per heavy atom. The topological polar surface area (TPSA) is 34.9 Å². The number of benzene rings is 1. The van der Waals surface area contributed by atoms with Crippen molar-refractivity contribution in [3.05, 3.63) is 47.3 Å². The molecule has 3 heteroatoms. The fourth-order valence-corrected chi connectivity index (χ4v) is 3.46. The zero-order valence-electron chi connectivity index (χ0n) is 14.5. The minimum Gasteiger partial charge on any atom is -0.294 e. The number of rotatable bonds is 4. The summed E-state index contributed by atoms with van der Waals surface area (Å²) in [5.41, 5.74) is 4.04. The van der Waals surface area contributed by atoms with Gasteiger partial charge in [-0.3, -0.25) is 4.79 Å². The monoisotopic (exact) mass is 310 g/mol. The average molecular weight is 310 g/mol. The maximum atomic E-state index is 12.8. The van der Waals surface area contributed by atoms with Gasteiger partial charge in [0.1, 0.15) is 0 Å². The van der Waals surface area contributed by atoms with Gasteiger partial charge in [-0.15, -0.1) is 0 Å². The Balaban J connectivity index is 2.12. The predicted octanol–water partition coefficient (Wildman–Crippen LogP) is 4.47. The third-order valence-electron chi connectivity index (χ3n) is 4.78. The summed E-state index contributed by atoms with van der Waals surface area (Å²) in [5, 5.41) is 4.84. The van der Waals surface area contributed by atoms with Crippen molar-refractivity contribution >= 4 is 5.78 Å². The van der Waals surface area contributed by atoms with Gasteiger partial charge in [-0.2, -0.15) is 5.10 Å². The molecule has 1 aliphatic carbocycles. The number of para-hydroxylation sites is 1. The summed E-state index contributed by atoms with van der Waals surface area (Å²) >= 11 is 0. The second-order valence-electron chi connectivity index (χ2n) is 7.45. The van der Waals surface area contributed by atoms with E-state index < -0.39 is 0 Å². The Morgan fingerprint density at radius 2 is 1.83 bits per heavy atom. The molecule has 122 valence electrons. The van der Waals surface area contributed by atoms with E-state index in [1.165, 1.54) is 0 Å². The highest BCUT2D eigenvalue weighted by Gasteiger charge is 2.33. The Bertz CT molecular complexity index is 698. The van der Waals surface area contributed by atoms with Gasteiger partial charge < -0.3 is 0 Å². The van der Waals surface area contributed by atoms with Crippen LogP contribution in [0.25, 0.3) is 5.69 Å². The first-order chi connectivity index (χ1) is 11.0. The molecule has 1 aliphatic rings. The van der Waals surface area contributed by atoms with Crippen molar-refractivity contribution in [1.82, 2.24) is 9.78 Å². The van der Waals surface area contributed by atoms with Gasteiger partial charge in [0, 0.05) is 6.42 Å². The molecule has 3 nitrogen and oxygen atoms in total. The van der Waals surface area contributed by atoms with Crippen LogP contribution >= 0.6 is 0 Å². The SMILES string of the molecule is CC(C)Cc1nn(-c2ccccc2)c2c1C(=O)CC(C(C)C)C2.